The average molecular weight is 447 g/mol. The lowest BCUT2D eigenvalue weighted by Gasteiger charge is -2.30. The topological polar surface area (TPSA) is 49.4 Å². The Morgan fingerprint density at radius 2 is 1.87 bits per heavy atom. The molecule has 0 bridgehead atoms. The first kappa shape index (κ1) is 24.3. The molecule has 0 saturated carbocycles. The Hall–Kier alpha value is -1.98. The minimum absolute atomic E-state index is 0.0473. The molecule has 162 valence electrons. The largest absolute Gasteiger partial charge is 0.354 e. The summed E-state index contributed by atoms with van der Waals surface area (Å²) in [5, 5.41) is 3.66. The van der Waals surface area contributed by atoms with Crippen molar-refractivity contribution in [2.24, 2.45) is 0 Å². The van der Waals surface area contributed by atoms with Gasteiger partial charge >= 0.3 is 0 Å². The van der Waals surface area contributed by atoms with E-state index in [4.69, 9.17) is 11.6 Å². The smallest absolute Gasteiger partial charge is 0.242 e. The van der Waals surface area contributed by atoms with Gasteiger partial charge in [0.2, 0.25) is 11.8 Å². The van der Waals surface area contributed by atoms with Gasteiger partial charge in [0.05, 0.1) is 5.75 Å². The lowest BCUT2D eigenvalue weighted by atomic mass is 10.1. The Morgan fingerprint density at radius 1 is 1.13 bits per heavy atom. The van der Waals surface area contributed by atoms with Crippen LogP contribution in [0.4, 0.5) is 0 Å². The molecule has 2 rings (SSSR count). The number of unbranched alkanes of at least 4 members (excludes halogenated alkanes) is 1. The van der Waals surface area contributed by atoms with E-state index in [1.807, 2.05) is 56.3 Å². The fourth-order valence-electron chi connectivity index (χ4n) is 3.19. The number of halogens is 1. The van der Waals surface area contributed by atoms with Crippen molar-refractivity contribution in [2.45, 2.75) is 57.5 Å². The van der Waals surface area contributed by atoms with Gasteiger partial charge in [-0.1, -0.05) is 61.7 Å². The van der Waals surface area contributed by atoms with Gasteiger partial charge in [0, 0.05) is 23.0 Å². The summed E-state index contributed by atoms with van der Waals surface area (Å²) in [6.45, 7) is 7.12. The quantitative estimate of drug-likeness (QED) is 0.368. The fourth-order valence-corrected chi connectivity index (χ4v) is 4.10. The standard InChI is InChI=1S/C24H31ClN2O2S/c1-4-6-14-26-24(29)22(5-2)27(16-19-9-7-8-18(3)15-19)23(28)17-30-21-12-10-20(25)11-13-21/h7-13,15,22H,4-6,14,16-17H2,1-3H3,(H,26,29)/t22-/m1/s1. The van der Waals surface area contributed by atoms with Crippen LogP contribution in [-0.4, -0.2) is 35.1 Å². The fraction of sp³-hybridized carbons (Fsp3) is 0.417. The number of hydrogen-bond acceptors (Lipinski definition) is 3. The van der Waals surface area contributed by atoms with Crippen LogP contribution in [0.5, 0.6) is 0 Å². The van der Waals surface area contributed by atoms with E-state index < -0.39 is 6.04 Å². The highest BCUT2D eigenvalue weighted by Crippen LogP contribution is 2.22. The van der Waals surface area contributed by atoms with Crippen molar-refractivity contribution in [3.05, 3.63) is 64.7 Å². The monoisotopic (exact) mass is 446 g/mol. The number of thioether (sulfide) groups is 1. The Labute approximate surface area is 189 Å². The molecule has 4 nitrogen and oxygen atoms in total. The van der Waals surface area contributed by atoms with Crippen LogP contribution in [0.3, 0.4) is 0 Å². The average Bonchev–Trinajstić information content (AvgIpc) is 2.73. The number of rotatable bonds is 11. The summed E-state index contributed by atoms with van der Waals surface area (Å²) >= 11 is 7.41. The zero-order valence-electron chi connectivity index (χ0n) is 18.0. The van der Waals surface area contributed by atoms with Crippen LogP contribution >= 0.6 is 23.4 Å². The predicted octanol–water partition coefficient (Wildman–Crippen LogP) is 5.46. The van der Waals surface area contributed by atoms with E-state index in [2.05, 4.69) is 18.3 Å². The number of carbonyl (C=O) groups is 2. The molecule has 0 aliphatic rings. The van der Waals surface area contributed by atoms with Crippen molar-refractivity contribution < 1.29 is 9.59 Å². The minimum atomic E-state index is -0.485. The van der Waals surface area contributed by atoms with Crippen LogP contribution in [0.25, 0.3) is 0 Å². The molecule has 30 heavy (non-hydrogen) atoms. The molecule has 0 saturated heterocycles. The van der Waals surface area contributed by atoms with E-state index in [1.165, 1.54) is 11.8 Å². The van der Waals surface area contributed by atoms with E-state index in [0.29, 0.717) is 24.5 Å². The second-order valence-corrected chi connectivity index (χ2v) is 8.81. The molecule has 6 heteroatoms. The molecular weight excluding hydrogens is 416 g/mol. The maximum atomic E-state index is 13.2. The molecule has 0 aliphatic carbocycles. The van der Waals surface area contributed by atoms with Crippen LogP contribution in [-0.2, 0) is 16.1 Å². The number of benzene rings is 2. The maximum Gasteiger partial charge on any atom is 0.242 e. The summed E-state index contributed by atoms with van der Waals surface area (Å²) in [5.41, 5.74) is 2.16. The minimum Gasteiger partial charge on any atom is -0.354 e. The summed E-state index contributed by atoms with van der Waals surface area (Å²) < 4.78 is 0. The number of carbonyl (C=O) groups excluding carboxylic acids is 2. The predicted molar refractivity (Wildman–Crippen MR) is 126 cm³/mol. The summed E-state index contributed by atoms with van der Waals surface area (Å²) in [7, 11) is 0. The summed E-state index contributed by atoms with van der Waals surface area (Å²) in [4.78, 5) is 28.7. The molecule has 2 aromatic carbocycles. The Balaban J connectivity index is 2.16. The highest BCUT2D eigenvalue weighted by molar-refractivity contribution is 8.00. The third kappa shape index (κ3) is 7.69. The number of nitrogens with zero attached hydrogens (tertiary/aromatic N) is 1. The van der Waals surface area contributed by atoms with Crippen LogP contribution in [0.1, 0.15) is 44.2 Å². The van der Waals surface area contributed by atoms with E-state index in [-0.39, 0.29) is 17.6 Å². The zero-order valence-corrected chi connectivity index (χ0v) is 19.6. The number of aryl methyl sites for hydroxylation is 1. The van der Waals surface area contributed by atoms with E-state index in [1.54, 1.807) is 4.90 Å². The van der Waals surface area contributed by atoms with Crippen molar-refractivity contribution in [3.63, 3.8) is 0 Å². The molecule has 0 heterocycles. The van der Waals surface area contributed by atoms with Crippen molar-refractivity contribution in [3.8, 4) is 0 Å². The van der Waals surface area contributed by atoms with Crippen LogP contribution < -0.4 is 5.32 Å². The lowest BCUT2D eigenvalue weighted by Crippen LogP contribution is -2.49. The summed E-state index contributed by atoms with van der Waals surface area (Å²) in [6, 6.07) is 15.0. The Bertz CT molecular complexity index is 826. The first-order valence-electron chi connectivity index (χ1n) is 10.5. The van der Waals surface area contributed by atoms with Crippen LogP contribution in [0.15, 0.2) is 53.4 Å². The van der Waals surface area contributed by atoms with Gasteiger partial charge in [0.15, 0.2) is 0 Å². The Kier molecular flexibility index (Phi) is 10.2. The van der Waals surface area contributed by atoms with Gasteiger partial charge in [-0.3, -0.25) is 9.59 Å². The molecule has 0 aliphatic heterocycles. The van der Waals surface area contributed by atoms with Crippen molar-refractivity contribution in [1.29, 1.82) is 0 Å². The van der Waals surface area contributed by atoms with Gasteiger partial charge in [0.25, 0.3) is 0 Å². The van der Waals surface area contributed by atoms with Gasteiger partial charge < -0.3 is 10.2 Å². The Morgan fingerprint density at radius 3 is 2.50 bits per heavy atom. The third-order valence-electron chi connectivity index (χ3n) is 4.83. The molecule has 0 unspecified atom stereocenters. The number of nitrogens with one attached hydrogen (secondary N) is 1. The molecule has 0 radical (unpaired) electrons. The normalized spacial score (nSPS) is 11.7. The van der Waals surface area contributed by atoms with Gasteiger partial charge in [-0.05, 0) is 49.6 Å². The highest BCUT2D eigenvalue weighted by atomic mass is 35.5. The maximum absolute atomic E-state index is 13.2. The number of amides is 2. The second-order valence-electron chi connectivity index (χ2n) is 7.32. The molecular formula is C24H31ClN2O2S. The highest BCUT2D eigenvalue weighted by Gasteiger charge is 2.28. The van der Waals surface area contributed by atoms with E-state index >= 15 is 0 Å². The van der Waals surface area contributed by atoms with E-state index in [9.17, 15) is 9.59 Å². The molecule has 0 aromatic heterocycles. The zero-order chi connectivity index (χ0) is 21.9. The lowest BCUT2D eigenvalue weighted by molar-refractivity contribution is -0.139. The first-order valence-corrected chi connectivity index (χ1v) is 11.8. The van der Waals surface area contributed by atoms with E-state index in [0.717, 1.165) is 28.9 Å². The summed E-state index contributed by atoms with van der Waals surface area (Å²) in [5.74, 6) is 0.143. The first-order chi connectivity index (χ1) is 14.4. The number of hydrogen-bond donors (Lipinski definition) is 1. The molecule has 0 fully saturated rings. The third-order valence-corrected chi connectivity index (χ3v) is 6.08. The van der Waals surface area contributed by atoms with Crippen LogP contribution in [0, 0.1) is 6.92 Å². The molecule has 2 amide bonds. The van der Waals surface area contributed by atoms with Crippen LogP contribution in [0.2, 0.25) is 5.02 Å². The molecule has 0 spiro atoms. The summed E-state index contributed by atoms with van der Waals surface area (Å²) in [6.07, 6.45) is 2.52. The molecule has 1 N–H and O–H groups in total. The van der Waals surface area contributed by atoms with Crippen molar-refractivity contribution in [2.75, 3.05) is 12.3 Å². The van der Waals surface area contributed by atoms with Gasteiger partial charge in [-0.15, -0.1) is 11.8 Å². The van der Waals surface area contributed by atoms with Gasteiger partial charge in [-0.2, -0.15) is 0 Å². The molecule has 2 aromatic rings. The van der Waals surface area contributed by atoms with Crippen molar-refractivity contribution in [1.82, 2.24) is 10.2 Å². The second kappa shape index (κ2) is 12.7. The SMILES string of the molecule is CCCCNC(=O)[C@@H](CC)N(Cc1cccc(C)c1)C(=O)CSc1ccc(Cl)cc1. The molecule has 1 atom stereocenters. The van der Waals surface area contributed by atoms with Crippen molar-refractivity contribution >= 4 is 35.2 Å². The van der Waals surface area contributed by atoms with Gasteiger partial charge in [-0.25, -0.2) is 0 Å². The van der Waals surface area contributed by atoms with Gasteiger partial charge in [0.1, 0.15) is 6.04 Å².